The maximum atomic E-state index is 11.1. The average Bonchev–Trinajstić information content (AvgIpc) is 2.67. The third-order valence-electron chi connectivity index (χ3n) is 2.22. The van der Waals surface area contributed by atoms with E-state index in [0.29, 0.717) is 0 Å². The molecule has 0 bridgehead atoms. The minimum Gasteiger partial charge on any atom is -0.367 e. The number of carbonyl (C=O) groups excluding carboxylic acids is 1. The molecule has 1 aromatic rings. The normalized spacial score (nSPS) is 21.1. The number of primary amides is 1. The number of rotatable bonds is 2. The van der Waals surface area contributed by atoms with Crippen LogP contribution in [-0.4, -0.2) is 23.6 Å². The Kier molecular flexibility index (Phi) is 2.63. The molecule has 0 spiro atoms. The number of nitrogens with two attached hydrogens (primary N) is 1. The van der Waals surface area contributed by atoms with Gasteiger partial charge in [0, 0.05) is 18.0 Å². The number of para-hydroxylation sites is 1. The smallest absolute Gasteiger partial charge is 0.250 e. The summed E-state index contributed by atoms with van der Waals surface area (Å²) in [4.78, 5) is 13.2. The Morgan fingerprint density at radius 1 is 1.43 bits per heavy atom. The van der Waals surface area contributed by atoms with Gasteiger partial charge in [-0.25, -0.2) is 0 Å². The maximum Gasteiger partial charge on any atom is 0.250 e. The lowest BCUT2D eigenvalue weighted by molar-refractivity contribution is -0.117. The fraction of sp³-hybridized carbons (Fsp3) is 0.300. The molecular weight excluding hydrogens is 196 g/mol. The summed E-state index contributed by atoms with van der Waals surface area (Å²) in [5, 5.41) is -0.197. The van der Waals surface area contributed by atoms with Crippen LogP contribution in [-0.2, 0) is 4.79 Å². The van der Waals surface area contributed by atoms with E-state index in [2.05, 4.69) is 0 Å². The number of nitrogens with zero attached hydrogens (tertiary/aromatic N) is 1. The monoisotopic (exact) mass is 208 g/mol. The van der Waals surface area contributed by atoms with Crippen LogP contribution in [0.25, 0.3) is 0 Å². The van der Waals surface area contributed by atoms with Gasteiger partial charge in [0.2, 0.25) is 0 Å². The second-order valence-electron chi connectivity index (χ2n) is 3.15. The van der Waals surface area contributed by atoms with Gasteiger partial charge in [0.25, 0.3) is 5.91 Å². The van der Waals surface area contributed by atoms with Crippen LogP contribution in [0.3, 0.4) is 0 Å². The highest BCUT2D eigenvalue weighted by molar-refractivity contribution is 8.01. The van der Waals surface area contributed by atoms with Crippen LogP contribution < -0.4 is 10.6 Å². The van der Waals surface area contributed by atoms with Gasteiger partial charge in [-0.2, -0.15) is 0 Å². The Hall–Kier alpha value is -1.16. The van der Waals surface area contributed by atoms with Crippen LogP contribution in [0.4, 0.5) is 5.69 Å². The molecule has 4 heteroatoms. The first-order chi connectivity index (χ1) is 6.79. The molecule has 1 fully saturated rings. The molecule has 1 atom stereocenters. The van der Waals surface area contributed by atoms with E-state index in [1.165, 1.54) is 0 Å². The third kappa shape index (κ3) is 1.70. The minimum absolute atomic E-state index is 0.197. The Morgan fingerprint density at radius 3 is 2.79 bits per heavy atom. The summed E-state index contributed by atoms with van der Waals surface area (Å²) in [6.07, 6.45) is 0. The molecule has 1 aromatic carbocycles. The largest absolute Gasteiger partial charge is 0.367 e. The maximum absolute atomic E-state index is 11.1. The highest BCUT2D eigenvalue weighted by Gasteiger charge is 2.29. The predicted molar refractivity (Wildman–Crippen MR) is 59.2 cm³/mol. The van der Waals surface area contributed by atoms with Crippen molar-refractivity contribution in [3.63, 3.8) is 0 Å². The molecule has 0 aromatic heterocycles. The predicted octanol–water partition coefficient (Wildman–Crippen LogP) is 1.05. The lowest BCUT2D eigenvalue weighted by Gasteiger charge is -2.23. The minimum atomic E-state index is -0.253. The Bertz CT molecular complexity index is 328. The number of hydrogen-bond acceptors (Lipinski definition) is 3. The molecule has 1 unspecified atom stereocenters. The number of thioether (sulfide) groups is 1. The number of benzene rings is 1. The molecular formula is C10H12N2OS. The first kappa shape index (κ1) is 9.40. The van der Waals surface area contributed by atoms with Gasteiger partial charge in [-0.3, -0.25) is 4.79 Å². The van der Waals surface area contributed by atoms with Gasteiger partial charge in [0.05, 0.1) is 0 Å². The zero-order valence-electron chi connectivity index (χ0n) is 7.72. The van der Waals surface area contributed by atoms with Crippen LogP contribution in [0, 0.1) is 0 Å². The van der Waals surface area contributed by atoms with Gasteiger partial charge in [0.15, 0.2) is 5.37 Å². The van der Waals surface area contributed by atoms with E-state index in [-0.39, 0.29) is 11.3 Å². The van der Waals surface area contributed by atoms with Crippen LogP contribution >= 0.6 is 11.8 Å². The lowest BCUT2D eigenvalue weighted by Crippen LogP contribution is -2.38. The van der Waals surface area contributed by atoms with E-state index in [1.807, 2.05) is 35.2 Å². The van der Waals surface area contributed by atoms with E-state index in [4.69, 9.17) is 5.73 Å². The van der Waals surface area contributed by atoms with Crippen molar-refractivity contribution in [1.29, 1.82) is 0 Å². The summed E-state index contributed by atoms with van der Waals surface area (Å²) in [6, 6.07) is 9.91. The van der Waals surface area contributed by atoms with Crippen molar-refractivity contribution in [2.45, 2.75) is 5.37 Å². The van der Waals surface area contributed by atoms with Crippen molar-refractivity contribution in [2.24, 2.45) is 5.73 Å². The summed E-state index contributed by atoms with van der Waals surface area (Å²) in [6.45, 7) is 0.891. The molecule has 1 amide bonds. The van der Waals surface area contributed by atoms with E-state index < -0.39 is 0 Å². The standard InChI is InChI=1S/C10H12N2OS/c11-9(13)10-12(6-7-14-10)8-4-2-1-3-5-8/h1-5,10H,6-7H2,(H2,11,13). The number of anilines is 1. The third-order valence-corrected chi connectivity index (χ3v) is 3.44. The molecule has 0 saturated carbocycles. The molecule has 1 aliphatic rings. The number of hydrogen-bond donors (Lipinski definition) is 1. The summed E-state index contributed by atoms with van der Waals surface area (Å²) >= 11 is 1.60. The van der Waals surface area contributed by atoms with E-state index in [0.717, 1.165) is 18.0 Å². The topological polar surface area (TPSA) is 46.3 Å². The van der Waals surface area contributed by atoms with Crippen molar-refractivity contribution in [2.75, 3.05) is 17.2 Å². The molecule has 0 radical (unpaired) electrons. The molecule has 1 saturated heterocycles. The molecule has 14 heavy (non-hydrogen) atoms. The van der Waals surface area contributed by atoms with Crippen LogP contribution in [0.1, 0.15) is 0 Å². The molecule has 1 aliphatic heterocycles. The van der Waals surface area contributed by atoms with Crippen LogP contribution in [0.2, 0.25) is 0 Å². The fourth-order valence-corrected chi connectivity index (χ4v) is 2.69. The molecule has 74 valence electrons. The second kappa shape index (κ2) is 3.92. The van der Waals surface area contributed by atoms with Crippen molar-refractivity contribution < 1.29 is 4.79 Å². The summed E-state index contributed by atoms with van der Waals surface area (Å²) in [5.74, 6) is 0.707. The van der Waals surface area contributed by atoms with Crippen molar-refractivity contribution in [3.05, 3.63) is 30.3 Å². The molecule has 0 aliphatic carbocycles. The highest BCUT2D eigenvalue weighted by atomic mass is 32.2. The van der Waals surface area contributed by atoms with Gasteiger partial charge in [-0.1, -0.05) is 18.2 Å². The Labute approximate surface area is 87.3 Å². The van der Waals surface area contributed by atoms with E-state index in [9.17, 15) is 4.79 Å². The van der Waals surface area contributed by atoms with Crippen molar-refractivity contribution in [1.82, 2.24) is 0 Å². The lowest BCUT2D eigenvalue weighted by atomic mass is 10.3. The zero-order chi connectivity index (χ0) is 9.97. The molecule has 2 N–H and O–H groups in total. The number of carbonyl (C=O) groups is 1. The van der Waals surface area contributed by atoms with Gasteiger partial charge < -0.3 is 10.6 Å². The summed E-state index contributed by atoms with van der Waals surface area (Å²) < 4.78 is 0. The van der Waals surface area contributed by atoms with E-state index in [1.54, 1.807) is 11.8 Å². The van der Waals surface area contributed by atoms with Crippen molar-refractivity contribution in [3.8, 4) is 0 Å². The fourth-order valence-electron chi connectivity index (χ4n) is 1.59. The first-order valence-electron chi connectivity index (χ1n) is 4.51. The van der Waals surface area contributed by atoms with Gasteiger partial charge in [-0.05, 0) is 12.1 Å². The van der Waals surface area contributed by atoms with Gasteiger partial charge in [0.1, 0.15) is 0 Å². The summed E-state index contributed by atoms with van der Waals surface area (Å²) in [5.41, 5.74) is 6.39. The second-order valence-corrected chi connectivity index (χ2v) is 4.34. The molecule has 2 rings (SSSR count). The zero-order valence-corrected chi connectivity index (χ0v) is 8.54. The highest BCUT2D eigenvalue weighted by Crippen LogP contribution is 2.28. The molecule has 1 heterocycles. The Balaban J connectivity index is 2.22. The number of amides is 1. The Morgan fingerprint density at radius 2 is 2.14 bits per heavy atom. The summed E-state index contributed by atoms with van der Waals surface area (Å²) in [7, 11) is 0. The average molecular weight is 208 g/mol. The van der Waals surface area contributed by atoms with Crippen LogP contribution in [0.15, 0.2) is 30.3 Å². The van der Waals surface area contributed by atoms with Gasteiger partial charge >= 0.3 is 0 Å². The van der Waals surface area contributed by atoms with Gasteiger partial charge in [-0.15, -0.1) is 11.8 Å². The van der Waals surface area contributed by atoms with Crippen LogP contribution in [0.5, 0.6) is 0 Å². The quantitative estimate of drug-likeness (QED) is 0.790. The van der Waals surface area contributed by atoms with E-state index >= 15 is 0 Å². The first-order valence-corrected chi connectivity index (χ1v) is 5.56. The van der Waals surface area contributed by atoms with Crippen molar-refractivity contribution >= 4 is 23.4 Å². The SMILES string of the molecule is NC(=O)C1SCCN1c1ccccc1. The molecule has 3 nitrogen and oxygen atoms in total.